The van der Waals surface area contributed by atoms with Crippen LogP contribution in [0.2, 0.25) is 0 Å². The molecular weight excluding hydrogens is 365 g/mol. The van der Waals surface area contributed by atoms with E-state index in [1.54, 1.807) is 4.90 Å². The van der Waals surface area contributed by atoms with Crippen LogP contribution in [-0.4, -0.2) is 36.5 Å². The zero-order chi connectivity index (χ0) is 13.1. The second kappa shape index (κ2) is 6.01. The Morgan fingerprint density at radius 2 is 2.28 bits per heavy atom. The Balaban J connectivity index is 2.18. The number of carbonyl (C=O) groups is 2. The highest BCUT2D eigenvalue weighted by Crippen LogP contribution is 2.23. The van der Waals surface area contributed by atoms with E-state index in [0.717, 1.165) is 15.7 Å². The monoisotopic (exact) mass is 379 g/mol. The number of esters is 1. The number of hydrogen-bond donors (Lipinski definition) is 0. The van der Waals surface area contributed by atoms with Gasteiger partial charge in [-0.3, -0.25) is 4.79 Å². The van der Waals surface area contributed by atoms with Crippen molar-refractivity contribution in [1.82, 2.24) is 4.90 Å². The molecule has 6 heteroatoms. The number of piperidine rings is 1. The van der Waals surface area contributed by atoms with Gasteiger partial charge in [0.1, 0.15) is 6.04 Å². The first-order chi connectivity index (χ1) is 8.63. The molecule has 18 heavy (non-hydrogen) atoms. The molecular formula is C12H14INO3S. The predicted octanol–water partition coefficient (Wildman–Crippen LogP) is 2.52. The van der Waals surface area contributed by atoms with Crippen molar-refractivity contribution >= 4 is 45.8 Å². The van der Waals surface area contributed by atoms with Gasteiger partial charge in [-0.15, -0.1) is 11.3 Å². The summed E-state index contributed by atoms with van der Waals surface area (Å²) in [4.78, 5) is 25.7. The Hall–Kier alpha value is -0.630. The lowest BCUT2D eigenvalue weighted by Crippen LogP contribution is -2.48. The third kappa shape index (κ3) is 2.85. The Morgan fingerprint density at radius 3 is 2.89 bits per heavy atom. The van der Waals surface area contributed by atoms with E-state index in [4.69, 9.17) is 4.74 Å². The summed E-state index contributed by atoms with van der Waals surface area (Å²) in [6.45, 7) is 0.630. The minimum absolute atomic E-state index is 0.0655. The van der Waals surface area contributed by atoms with Gasteiger partial charge in [-0.2, -0.15) is 0 Å². The topological polar surface area (TPSA) is 46.6 Å². The summed E-state index contributed by atoms with van der Waals surface area (Å²) < 4.78 is 5.85. The highest BCUT2D eigenvalue weighted by Gasteiger charge is 2.33. The van der Waals surface area contributed by atoms with E-state index in [-0.39, 0.29) is 11.9 Å². The largest absolute Gasteiger partial charge is 0.467 e. The summed E-state index contributed by atoms with van der Waals surface area (Å²) >= 11 is 3.72. The number of ether oxygens (including phenoxy) is 1. The second-order valence-corrected chi connectivity index (χ2v) is 6.98. The number of amides is 1. The maximum Gasteiger partial charge on any atom is 0.328 e. The van der Waals surface area contributed by atoms with Gasteiger partial charge in [0, 0.05) is 11.9 Å². The van der Waals surface area contributed by atoms with Crippen molar-refractivity contribution in [2.75, 3.05) is 13.7 Å². The molecule has 0 aromatic carbocycles. The van der Waals surface area contributed by atoms with Crippen molar-refractivity contribution < 1.29 is 14.3 Å². The lowest BCUT2D eigenvalue weighted by Gasteiger charge is -2.33. The molecule has 1 atom stereocenters. The van der Waals surface area contributed by atoms with Crippen molar-refractivity contribution in [2.45, 2.75) is 25.3 Å². The Kier molecular flexibility index (Phi) is 4.60. The first kappa shape index (κ1) is 13.8. The van der Waals surface area contributed by atoms with Gasteiger partial charge in [0.2, 0.25) is 0 Å². The standard InChI is InChI=1S/C12H14INO3S/c1-17-12(16)9-4-2-3-5-14(9)11(15)8-6-10(13)18-7-8/h6-7,9H,2-5H2,1H3/t9-/m1/s1. The molecule has 1 fully saturated rings. The highest BCUT2D eigenvalue weighted by molar-refractivity contribution is 14.1. The molecule has 0 bridgehead atoms. The first-order valence-electron chi connectivity index (χ1n) is 5.76. The Bertz CT molecular complexity index is 460. The molecule has 0 saturated carbocycles. The number of likely N-dealkylation sites (tertiary alicyclic amines) is 1. The van der Waals surface area contributed by atoms with E-state index < -0.39 is 6.04 Å². The lowest BCUT2D eigenvalue weighted by molar-refractivity contribution is -0.147. The zero-order valence-electron chi connectivity index (χ0n) is 10.0. The number of hydrogen-bond acceptors (Lipinski definition) is 4. The van der Waals surface area contributed by atoms with Crippen LogP contribution in [0.4, 0.5) is 0 Å². The van der Waals surface area contributed by atoms with E-state index in [1.807, 2.05) is 11.4 Å². The minimum Gasteiger partial charge on any atom is -0.467 e. The molecule has 1 aromatic rings. The summed E-state index contributed by atoms with van der Waals surface area (Å²) in [5.41, 5.74) is 0.667. The van der Waals surface area contributed by atoms with E-state index in [0.29, 0.717) is 18.5 Å². The summed E-state index contributed by atoms with van der Waals surface area (Å²) in [6, 6.07) is 1.44. The van der Waals surface area contributed by atoms with Gasteiger partial charge < -0.3 is 9.64 Å². The van der Waals surface area contributed by atoms with Crippen LogP contribution in [0.25, 0.3) is 0 Å². The average molecular weight is 379 g/mol. The van der Waals surface area contributed by atoms with E-state index >= 15 is 0 Å². The van der Waals surface area contributed by atoms with Gasteiger partial charge in [-0.25, -0.2) is 4.79 Å². The molecule has 0 N–H and O–H groups in total. The zero-order valence-corrected chi connectivity index (χ0v) is 13.0. The average Bonchev–Trinajstić information content (AvgIpc) is 2.83. The normalized spacial score (nSPS) is 19.7. The molecule has 98 valence electrons. The van der Waals surface area contributed by atoms with Crippen molar-refractivity contribution in [3.05, 3.63) is 19.9 Å². The third-order valence-corrected chi connectivity index (χ3v) is 4.84. The van der Waals surface area contributed by atoms with Gasteiger partial charge in [0.25, 0.3) is 5.91 Å². The van der Waals surface area contributed by atoms with Gasteiger partial charge >= 0.3 is 5.97 Å². The molecule has 1 saturated heterocycles. The van der Waals surface area contributed by atoms with Crippen LogP contribution in [0.1, 0.15) is 29.6 Å². The van der Waals surface area contributed by atoms with E-state index in [9.17, 15) is 9.59 Å². The van der Waals surface area contributed by atoms with Crippen molar-refractivity contribution in [1.29, 1.82) is 0 Å². The molecule has 1 aliphatic rings. The van der Waals surface area contributed by atoms with E-state index in [2.05, 4.69) is 22.6 Å². The van der Waals surface area contributed by atoms with E-state index in [1.165, 1.54) is 18.4 Å². The molecule has 2 rings (SSSR count). The number of halogens is 1. The summed E-state index contributed by atoms with van der Waals surface area (Å²) in [5, 5.41) is 1.84. The highest BCUT2D eigenvalue weighted by atomic mass is 127. The van der Waals surface area contributed by atoms with Crippen LogP contribution >= 0.6 is 33.9 Å². The molecule has 1 amide bonds. The van der Waals surface area contributed by atoms with Crippen LogP contribution < -0.4 is 0 Å². The SMILES string of the molecule is COC(=O)[C@H]1CCCCN1C(=O)c1csc(I)c1. The number of methoxy groups -OCH3 is 1. The smallest absolute Gasteiger partial charge is 0.328 e. The van der Waals surface area contributed by atoms with Gasteiger partial charge in [0.15, 0.2) is 0 Å². The lowest BCUT2D eigenvalue weighted by atomic mass is 10.0. The molecule has 0 spiro atoms. The van der Waals surface area contributed by atoms with Crippen molar-refractivity contribution in [3.8, 4) is 0 Å². The summed E-state index contributed by atoms with van der Waals surface area (Å²) in [6.07, 6.45) is 2.60. The van der Waals surface area contributed by atoms with Gasteiger partial charge in [-0.05, 0) is 47.9 Å². The molecule has 0 aliphatic carbocycles. The maximum absolute atomic E-state index is 12.4. The van der Waals surface area contributed by atoms with Gasteiger partial charge in [0.05, 0.1) is 15.6 Å². The van der Waals surface area contributed by atoms with Crippen molar-refractivity contribution in [3.63, 3.8) is 0 Å². The molecule has 1 aromatic heterocycles. The van der Waals surface area contributed by atoms with Crippen molar-refractivity contribution in [2.24, 2.45) is 0 Å². The quantitative estimate of drug-likeness (QED) is 0.586. The first-order valence-corrected chi connectivity index (χ1v) is 7.72. The molecule has 0 unspecified atom stereocenters. The second-order valence-electron chi connectivity index (χ2n) is 4.17. The fraction of sp³-hybridized carbons (Fsp3) is 0.500. The van der Waals surface area contributed by atoms with Crippen LogP contribution in [0, 0.1) is 2.88 Å². The predicted molar refractivity (Wildman–Crippen MR) is 77.7 cm³/mol. The number of carbonyl (C=O) groups excluding carboxylic acids is 2. The minimum atomic E-state index is -0.422. The maximum atomic E-state index is 12.4. The summed E-state index contributed by atoms with van der Waals surface area (Å²) in [7, 11) is 1.37. The number of rotatable bonds is 2. The number of nitrogens with zero attached hydrogens (tertiary/aromatic N) is 1. The van der Waals surface area contributed by atoms with Gasteiger partial charge in [-0.1, -0.05) is 0 Å². The van der Waals surface area contributed by atoms with Crippen LogP contribution in [0.3, 0.4) is 0 Å². The number of thiophene rings is 1. The summed E-state index contributed by atoms with van der Waals surface area (Å²) in [5.74, 6) is -0.378. The molecule has 1 aliphatic heterocycles. The third-order valence-electron chi connectivity index (χ3n) is 3.05. The Labute approximate surface area is 123 Å². The van der Waals surface area contributed by atoms with Crippen LogP contribution in [0.15, 0.2) is 11.4 Å². The molecule has 2 heterocycles. The molecule has 4 nitrogen and oxygen atoms in total. The fourth-order valence-corrected chi connectivity index (χ4v) is 3.46. The fourth-order valence-electron chi connectivity index (χ4n) is 2.14. The van der Waals surface area contributed by atoms with Crippen LogP contribution in [0.5, 0.6) is 0 Å². The molecule has 0 radical (unpaired) electrons. The van der Waals surface area contributed by atoms with Crippen LogP contribution in [-0.2, 0) is 9.53 Å². The Morgan fingerprint density at radius 1 is 1.50 bits per heavy atom.